The van der Waals surface area contributed by atoms with Crippen LogP contribution in [-0.2, 0) is 6.54 Å². The minimum absolute atomic E-state index is 0.437. The van der Waals surface area contributed by atoms with Gasteiger partial charge >= 0.3 is 0 Å². The lowest BCUT2D eigenvalue weighted by molar-refractivity contribution is 0.411. The summed E-state index contributed by atoms with van der Waals surface area (Å²) in [6, 6.07) is 5.84. The maximum absolute atomic E-state index is 5.97. The van der Waals surface area contributed by atoms with Gasteiger partial charge in [0.1, 0.15) is 0 Å². The van der Waals surface area contributed by atoms with Crippen LogP contribution >= 0.6 is 15.9 Å². The number of fused-ring (bicyclic) bond motifs is 1. The molecular formula is C12H10BrN5O. The molecule has 0 saturated carbocycles. The molecule has 3 N–H and O–H groups in total. The molecule has 2 aromatic heterocycles. The highest BCUT2D eigenvalue weighted by Crippen LogP contribution is 2.30. The third-order valence-corrected chi connectivity index (χ3v) is 3.18. The Morgan fingerprint density at radius 3 is 3.00 bits per heavy atom. The molecule has 3 aromatic rings. The summed E-state index contributed by atoms with van der Waals surface area (Å²) in [5, 5.41) is 7.90. The van der Waals surface area contributed by atoms with E-state index in [9.17, 15) is 0 Å². The number of benzene rings is 1. The van der Waals surface area contributed by atoms with Gasteiger partial charge in [-0.3, -0.25) is 4.98 Å². The molecule has 0 atom stereocenters. The second-order valence-corrected chi connectivity index (χ2v) is 4.87. The lowest BCUT2D eigenvalue weighted by atomic mass is 10.1. The summed E-state index contributed by atoms with van der Waals surface area (Å²) in [6.07, 6.45) is 2.93. The summed E-state index contributed by atoms with van der Waals surface area (Å²) >= 11 is 3.44. The van der Waals surface area contributed by atoms with Crippen molar-refractivity contribution in [1.29, 1.82) is 0 Å². The second kappa shape index (κ2) is 4.85. The first-order chi connectivity index (χ1) is 9.24. The van der Waals surface area contributed by atoms with Crippen molar-refractivity contribution in [2.75, 3.05) is 11.1 Å². The van der Waals surface area contributed by atoms with Crippen LogP contribution in [-0.4, -0.2) is 15.1 Å². The smallest absolute Gasteiger partial charge is 0.213 e. The van der Waals surface area contributed by atoms with Gasteiger partial charge in [0.05, 0.1) is 29.6 Å². The van der Waals surface area contributed by atoms with Gasteiger partial charge in [-0.15, -0.1) is 0 Å². The first kappa shape index (κ1) is 11.9. The lowest BCUT2D eigenvalue weighted by Crippen LogP contribution is -2.05. The van der Waals surface area contributed by atoms with E-state index < -0.39 is 0 Å². The lowest BCUT2D eigenvalue weighted by Gasteiger charge is -2.11. The highest BCUT2D eigenvalue weighted by Gasteiger charge is 2.08. The fraction of sp³-hybridized carbons (Fsp3) is 0.0833. The Bertz CT molecular complexity index is 708. The van der Waals surface area contributed by atoms with Crippen LogP contribution in [0.2, 0.25) is 0 Å². The Kier molecular flexibility index (Phi) is 3.04. The van der Waals surface area contributed by atoms with Gasteiger partial charge < -0.3 is 15.6 Å². The van der Waals surface area contributed by atoms with Crippen LogP contribution in [0.5, 0.6) is 0 Å². The van der Waals surface area contributed by atoms with E-state index in [0.29, 0.717) is 18.1 Å². The summed E-state index contributed by atoms with van der Waals surface area (Å²) in [7, 11) is 0. The Morgan fingerprint density at radius 2 is 2.21 bits per heavy atom. The highest BCUT2D eigenvalue weighted by molar-refractivity contribution is 9.10. The van der Waals surface area contributed by atoms with Crippen molar-refractivity contribution in [3.05, 3.63) is 41.1 Å². The summed E-state index contributed by atoms with van der Waals surface area (Å²) in [6.45, 7) is 0.437. The summed E-state index contributed by atoms with van der Waals surface area (Å²) in [5.41, 5.74) is 8.23. The first-order valence-corrected chi connectivity index (χ1v) is 6.36. The zero-order valence-corrected chi connectivity index (χ0v) is 11.4. The van der Waals surface area contributed by atoms with E-state index >= 15 is 0 Å². The molecule has 1 aromatic carbocycles. The van der Waals surface area contributed by atoms with Crippen LogP contribution < -0.4 is 11.1 Å². The predicted molar refractivity (Wildman–Crippen MR) is 75.5 cm³/mol. The van der Waals surface area contributed by atoms with Gasteiger partial charge in [0.25, 0.3) is 0 Å². The van der Waals surface area contributed by atoms with E-state index in [1.165, 1.54) is 6.39 Å². The van der Waals surface area contributed by atoms with Crippen LogP contribution in [0.3, 0.4) is 0 Å². The van der Waals surface area contributed by atoms with Gasteiger partial charge in [-0.2, -0.15) is 4.98 Å². The zero-order chi connectivity index (χ0) is 13.2. The van der Waals surface area contributed by atoms with E-state index in [1.807, 2.05) is 18.2 Å². The van der Waals surface area contributed by atoms with Gasteiger partial charge in [-0.1, -0.05) is 21.1 Å². The molecule has 0 aliphatic heterocycles. The monoisotopic (exact) mass is 319 g/mol. The summed E-state index contributed by atoms with van der Waals surface area (Å²) < 4.78 is 5.66. The molecule has 6 nitrogen and oxygen atoms in total. The van der Waals surface area contributed by atoms with Gasteiger partial charge in [-0.25, -0.2) is 0 Å². The van der Waals surface area contributed by atoms with Gasteiger partial charge in [-0.05, 0) is 18.2 Å². The highest BCUT2D eigenvalue weighted by atomic mass is 79.9. The molecule has 96 valence electrons. The van der Waals surface area contributed by atoms with Crippen LogP contribution in [0.1, 0.15) is 5.82 Å². The quantitative estimate of drug-likeness (QED) is 0.771. The maximum Gasteiger partial charge on any atom is 0.213 e. The van der Waals surface area contributed by atoms with Crippen LogP contribution in [0, 0.1) is 0 Å². The molecule has 0 spiro atoms. The van der Waals surface area contributed by atoms with Gasteiger partial charge in [0, 0.05) is 9.86 Å². The molecule has 19 heavy (non-hydrogen) atoms. The van der Waals surface area contributed by atoms with Crippen molar-refractivity contribution in [1.82, 2.24) is 15.1 Å². The molecule has 3 rings (SSSR count). The third-order valence-electron chi connectivity index (χ3n) is 2.69. The summed E-state index contributed by atoms with van der Waals surface area (Å²) in [5.74, 6) is 0.569. The number of anilines is 2. The number of hydrogen-bond acceptors (Lipinski definition) is 6. The molecule has 0 radical (unpaired) electrons. The minimum atomic E-state index is 0.437. The Morgan fingerprint density at radius 1 is 1.32 bits per heavy atom. The van der Waals surface area contributed by atoms with E-state index in [-0.39, 0.29) is 0 Å². The van der Waals surface area contributed by atoms with Gasteiger partial charge in [0.15, 0.2) is 5.82 Å². The normalized spacial score (nSPS) is 10.8. The minimum Gasteiger partial charge on any atom is -0.396 e. The molecule has 7 heteroatoms. The van der Waals surface area contributed by atoms with Gasteiger partial charge in [0.2, 0.25) is 6.39 Å². The van der Waals surface area contributed by atoms with E-state index in [4.69, 9.17) is 5.73 Å². The SMILES string of the molecule is Nc1cnc2ccc(Br)cc2c1NCc1ncon1. The molecule has 0 fully saturated rings. The number of nitrogens with one attached hydrogen (secondary N) is 1. The van der Waals surface area contributed by atoms with Crippen molar-refractivity contribution in [3.63, 3.8) is 0 Å². The van der Waals surface area contributed by atoms with Crippen LogP contribution in [0.25, 0.3) is 10.9 Å². The average molecular weight is 320 g/mol. The van der Waals surface area contributed by atoms with Crippen LogP contribution in [0.4, 0.5) is 11.4 Å². The number of nitrogens with zero attached hydrogens (tertiary/aromatic N) is 3. The largest absolute Gasteiger partial charge is 0.396 e. The number of pyridine rings is 1. The fourth-order valence-corrected chi connectivity index (χ4v) is 2.18. The van der Waals surface area contributed by atoms with Crippen molar-refractivity contribution < 1.29 is 4.52 Å². The summed E-state index contributed by atoms with van der Waals surface area (Å²) in [4.78, 5) is 8.24. The second-order valence-electron chi connectivity index (χ2n) is 3.95. The fourth-order valence-electron chi connectivity index (χ4n) is 1.82. The molecule has 0 unspecified atom stereocenters. The standard InChI is InChI=1S/C12H10BrN5O/c13-7-1-2-10-8(3-7)12(9(14)4-15-10)16-5-11-17-6-19-18-11/h1-4,6H,5,14H2,(H,15,16). The van der Waals surface area contributed by atoms with Crippen LogP contribution in [0.15, 0.2) is 39.8 Å². The number of rotatable bonds is 3. The predicted octanol–water partition coefficient (Wildman–Crippen LogP) is 2.57. The first-order valence-electron chi connectivity index (χ1n) is 5.57. The molecule has 2 heterocycles. The zero-order valence-electron chi connectivity index (χ0n) is 9.80. The van der Waals surface area contributed by atoms with Crippen molar-refractivity contribution >= 4 is 38.2 Å². The Hall–Kier alpha value is -2.15. The van der Waals surface area contributed by atoms with E-state index in [0.717, 1.165) is 21.1 Å². The van der Waals surface area contributed by atoms with Crippen molar-refractivity contribution in [2.24, 2.45) is 0 Å². The molecule has 0 aliphatic carbocycles. The molecule has 0 bridgehead atoms. The topological polar surface area (TPSA) is 89.9 Å². The number of nitrogens with two attached hydrogens (primary N) is 1. The number of nitrogen functional groups attached to an aromatic ring is 1. The molecule has 0 aliphatic rings. The molecular weight excluding hydrogens is 310 g/mol. The van der Waals surface area contributed by atoms with E-state index in [2.05, 4.69) is 40.9 Å². The maximum atomic E-state index is 5.97. The molecule has 0 amide bonds. The molecule has 0 saturated heterocycles. The number of hydrogen-bond donors (Lipinski definition) is 2. The number of halogens is 1. The van der Waals surface area contributed by atoms with Crippen molar-refractivity contribution in [2.45, 2.75) is 6.54 Å². The van der Waals surface area contributed by atoms with E-state index in [1.54, 1.807) is 6.20 Å². The third kappa shape index (κ3) is 2.37. The van der Waals surface area contributed by atoms with Crippen molar-refractivity contribution in [3.8, 4) is 0 Å². The number of aromatic nitrogens is 3. The Labute approximate surface area is 117 Å². The Balaban J connectivity index is 2.01. The average Bonchev–Trinajstić information content (AvgIpc) is 2.91.